The van der Waals surface area contributed by atoms with Crippen molar-refractivity contribution >= 4 is 5.82 Å². The first kappa shape index (κ1) is 12.9. The van der Waals surface area contributed by atoms with E-state index in [1.54, 1.807) is 0 Å². The average Bonchev–Trinajstić information content (AvgIpc) is 3.01. The van der Waals surface area contributed by atoms with E-state index in [-0.39, 0.29) is 0 Å². The maximum Gasteiger partial charge on any atom is 0.147 e. The van der Waals surface area contributed by atoms with Crippen molar-refractivity contribution in [2.75, 3.05) is 18.0 Å². The van der Waals surface area contributed by atoms with Crippen LogP contribution in [0.25, 0.3) is 0 Å². The summed E-state index contributed by atoms with van der Waals surface area (Å²) in [6, 6.07) is 0.726. The summed E-state index contributed by atoms with van der Waals surface area (Å²) in [4.78, 5) is 11.6. The molecule has 104 valence electrons. The highest BCUT2D eigenvalue weighted by molar-refractivity contribution is 5.40. The molecule has 0 spiro atoms. The molecule has 0 aromatic carbocycles. The van der Waals surface area contributed by atoms with Crippen LogP contribution in [0, 0.1) is 11.8 Å². The largest absolute Gasteiger partial charge is 0.352 e. The number of hydrogen-bond donors (Lipinski definition) is 1. The Hall–Kier alpha value is -1.16. The van der Waals surface area contributed by atoms with Gasteiger partial charge in [-0.05, 0) is 37.6 Å². The Labute approximate surface area is 115 Å². The van der Waals surface area contributed by atoms with E-state index in [0.717, 1.165) is 36.6 Å². The summed E-state index contributed by atoms with van der Waals surface area (Å²) < 4.78 is 0. The van der Waals surface area contributed by atoms with Gasteiger partial charge in [0, 0.05) is 19.1 Å². The topological polar surface area (TPSA) is 41.1 Å². The first-order valence-electron chi connectivity index (χ1n) is 7.50. The lowest BCUT2D eigenvalue weighted by Gasteiger charge is -2.27. The van der Waals surface area contributed by atoms with Crippen LogP contribution in [0.3, 0.4) is 0 Å². The zero-order chi connectivity index (χ0) is 13.2. The van der Waals surface area contributed by atoms with Gasteiger partial charge in [0.25, 0.3) is 0 Å². The number of anilines is 1. The molecule has 1 aliphatic carbocycles. The van der Waals surface area contributed by atoms with Crippen LogP contribution in [0.1, 0.15) is 38.8 Å². The number of piperidine rings is 1. The average molecular weight is 260 g/mol. The lowest BCUT2D eigenvalue weighted by molar-refractivity contribution is 0.543. The Kier molecular flexibility index (Phi) is 3.69. The fourth-order valence-corrected chi connectivity index (χ4v) is 3.28. The first-order chi connectivity index (χ1) is 9.22. The van der Waals surface area contributed by atoms with Crippen LogP contribution in [-0.2, 0) is 6.54 Å². The molecule has 3 rings (SSSR count). The van der Waals surface area contributed by atoms with Gasteiger partial charge in [-0.15, -0.1) is 0 Å². The summed E-state index contributed by atoms with van der Waals surface area (Å²) in [5.74, 6) is 2.64. The smallest absolute Gasteiger partial charge is 0.147 e. The van der Waals surface area contributed by atoms with Gasteiger partial charge in [-0.3, -0.25) is 4.98 Å². The molecule has 2 unspecified atom stereocenters. The zero-order valence-electron chi connectivity index (χ0n) is 12.0. The molecule has 4 heteroatoms. The Morgan fingerprint density at radius 1 is 1.32 bits per heavy atom. The Morgan fingerprint density at radius 3 is 2.79 bits per heavy atom. The van der Waals surface area contributed by atoms with E-state index in [1.807, 2.05) is 12.4 Å². The molecule has 2 fully saturated rings. The molecular formula is C15H24N4. The van der Waals surface area contributed by atoms with Crippen molar-refractivity contribution in [3.05, 3.63) is 18.1 Å². The van der Waals surface area contributed by atoms with Crippen LogP contribution < -0.4 is 10.2 Å². The summed E-state index contributed by atoms with van der Waals surface area (Å²) in [6.45, 7) is 7.45. The highest BCUT2D eigenvalue weighted by Gasteiger charge is 2.38. The van der Waals surface area contributed by atoms with Crippen molar-refractivity contribution < 1.29 is 0 Å². The van der Waals surface area contributed by atoms with Crippen molar-refractivity contribution in [3.63, 3.8) is 0 Å². The number of aromatic nitrogens is 2. The minimum absolute atomic E-state index is 0.674. The van der Waals surface area contributed by atoms with Gasteiger partial charge in [-0.2, -0.15) is 0 Å². The molecule has 1 N–H and O–H groups in total. The molecule has 2 aliphatic rings. The van der Waals surface area contributed by atoms with Gasteiger partial charge < -0.3 is 10.2 Å². The van der Waals surface area contributed by atoms with Crippen molar-refractivity contribution in [1.29, 1.82) is 0 Å². The molecule has 1 saturated carbocycles. The van der Waals surface area contributed by atoms with Crippen LogP contribution in [0.15, 0.2) is 12.4 Å². The second-order valence-corrected chi connectivity index (χ2v) is 6.38. The van der Waals surface area contributed by atoms with Gasteiger partial charge in [-0.1, -0.05) is 13.8 Å². The van der Waals surface area contributed by atoms with Crippen molar-refractivity contribution in [2.45, 2.75) is 45.7 Å². The van der Waals surface area contributed by atoms with E-state index in [4.69, 9.17) is 0 Å². The third-order valence-corrected chi connectivity index (χ3v) is 4.25. The van der Waals surface area contributed by atoms with Gasteiger partial charge in [-0.25, -0.2) is 4.98 Å². The maximum absolute atomic E-state index is 4.60. The van der Waals surface area contributed by atoms with E-state index in [0.29, 0.717) is 5.92 Å². The summed E-state index contributed by atoms with van der Waals surface area (Å²) in [7, 11) is 0. The standard InChI is InChI=1S/C15H24N4/c1-11(2)6-16-7-13-8-18-15(9-17-13)19-10-12-3-4-14(19)5-12/h8-9,11-12,14,16H,3-7,10H2,1-2H3. The molecule has 2 bridgehead atoms. The molecule has 1 aromatic rings. The highest BCUT2D eigenvalue weighted by atomic mass is 15.2. The van der Waals surface area contributed by atoms with Crippen molar-refractivity contribution in [3.8, 4) is 0 Å². The highest BCUT2D eigenvalue weighted by Crippen LogP contribution is 2.39. The second kappa shape index (κ2) is 5.45. The fraction of sp³-hybridized carbons (Fsp3) is 0.733. The normalized spacial score (nSPS) is 25.5. The Morgan fingerprint density at radius 2 is 2.21 bits per heavy atom. The van der Waals surface area contributed by atoms with Gasteiger partial charge in [0.2, 0.25) is 0 Å². The number of nitrogens with zero attached hydrogens (tertiary/aromatic N) is 3. The van der Waals surface area contributed by atoms with Crippen LogP contribution in [0.5, 0.6) is 0 Å². The molecule has 0 amide bonds. The van der Waals surface area contributed by atoms with E-state index in [2.05, 4.69) is 34.0 Å². The summed E-state index contributed by atoms with van der Waals surface area (Å²) >= 11 is 0. The predicted molar refractivity (Wildman–Crippen MR) is 77.1 cm³/mol. The SMILES string of the molecule is CC(C)CNCc1cnc(N2CC3CCC2C3)cn1. The molecule has 0 radical (unpaired) electrons. The number of hydrogen-bond acceptors (Lipinski definition) is 4. The zero-order valence-corrected chi connectivity index (χ0v) is 12.0. The van der Waals surface area contributed by atoms with E-state index in [1.165, 1.54) is 25.8 Å². The molecule has 1 aliphatic heterocycles. The summed E-state index contributed by atoms with van der Waals surface area (Å²) in [6.07, 6.45) is 7.98. The number of fused-ring (bicyclic) bond motifs is 2. The van der Waals surface area contributed by atoms with Crippen LogP contribution in [0.4, 0.5) is 5.82 Å². The maximum atomic E-state index is 4.60. The summed E-state index contributed by atoms with van der Waals surface area (Å²) in [5, 5.41) is 3.40. The van der Waals surface area contributed by atoms with Gasteiger partial charge in [0.05, 0.1) is 18.1 Å². The first-order valence-corrected chi connectivity index (χ1v) is 7.50. The quantitative estimate of drug-likeness (QED) is 0.881. The van der Waals surface area contributed by atoms with Crippen LogP contribution in [-0.4, -0.2) is 29.1 Å². The van der Waals surface area contributed by atoms with Gasteiger partial charge >= 0.3 is 0 Å². The third-order valence-electron chi connectivity index (χ3n) is 4.25. The number of rotatable bonds is 5. The van der Waals surface area contributed by atoms with E-state index < -0.39 is 0 Å². The minimum Gasteiger partial charge on any atom is -0.352 e. The van der Waals surface area contributed by atoms with Crippen LogP contribution in [0.2, 0.25) is 0 Å². The monoisotopic (exact) mass is 260 g/mol. The predicted octanol–water partition coefficient (Wildman–Crippen LogP) is 2.21. The molecule has 2 heterocycles. The second-order valence-electron chi connectivity index (χ2n) is 6.38. The van der Waals surface area contributed by atoms with Crippen molar-refractivity contribution in [1.82, 2.24) is 15.3 Å². The lowest BCUT2D eigenvalue weighted by Crippen LogP contribution is -2.32. The molecule has 1 saturated heterocycles. The van der Waals surface area contributed by atoms with Gasteiger partial charge in [0.1, 0.15) is 5.82 Å². The summed E-state index contributed by atoms with van der Waals surface area (Å²) in [5.41, 5.74) is 1.04. The minimum atomic E-state index is 0.674. The molecule has 1 aromatic heterocycles. The third kappa shape index (κ3) is 2.89. The van der Waals surface area contributed by atoms with Crippen LogP contribution >= 0.6 is 0 Å². The number of nitrogens with one attached hydrogen (secondary N) is 1. The van der Waals surface area contributed by atoms with Gasteiger partial charge in [0.15, 0.2) is 0 Å². The van der Waals surface area contributed by atoms with E-state index in [9.17, 15) is 0 Å². The fourth-order valence-electron chi connectivity index (χ4n) is 3.28. The lowest BCUT2D eigenvalue weighted by atomic mass is 10.1. The molecular weight excluding hydrogens is 236 g/mol. The molecule has 4 nitrogen and oxygen atoms in total. The molecule has 2 atom stereocenters. The Bertz CT molecular complexity index is 415. The van der Waals surface area contributed by atoms with E-state index >= 15 is 0 Å². The molecule has 19 heavy (non-hydrogen) atoms. The Balaban J connectivity index is 1.57. The van der Waals surface area contributed by atoms with Crippen molar-refractivity contribution in [2.24, 2.45) is 11.8 Å².